The zero-order valence-corrected chi connectivity index (χ0v) is 14.4. The van der Waals surface area contributed by atoms with Crippen LogP contribution >= 0.6 is 12.2 Å². The smallest absolute Gasteiger partial charge is 0.270 e. The number of fused-ring (bicyclic) bond motifs is 1. The molecule has 3 N–H and O–H groups in total. The summed E-state index contributed by atoms with van der Waals surface area (Å²) in [5.74, 6) is -0.283. The number of hydrogen-bond acceptors (Lipinski definition) is 4. The molecule has 126 valence electrons. The molecule has 0 bridgehead atoms. The summed E-state index contributed by atoms with van der Waals surface area (Å²) in [6.45, 7) is 2.60. The van der Waals surface area contributed by atoms with Gasteiger partial charge in [-0.2, -0.15) is 0 Å². The number of thiocarbonyl (C=S) groups is 1. The molecule has 3 rings (SSSR count). The van der Waals surface area contributed by atoms with Gasteiger partial charge in [-0.05, 0) is 43.4 Å². The van der Waals surface area contributed by atoms with Crippen molar-refractivity contribution in [2.75, 3.05) is 6.54 Å². The summed E-state index contributed by atoms with van der Waals surface area (Å²) in [7, 11) is 0. The number of rotatable bonds is 3. The minimum absolute atomic E-state index is 0.283. The van der Waals surface area contributed by atoms with Crippen molar-refractivity contribution in [1.82, 2.24) is 26.1 Å². The first kappa shape index (κ1) is 16.8. The van der Waals surface area contributed by atoms with E-state index in [0.29, 0.717) is 22.9 Å². The second-order valence-electron chi connectivity index (χ2n) is 5.25. The Bertz CT molecular complexity index is 914. The zero-order chi connectivity index (χ0) is 17.6. The maximum atomic E-state index is 12.6. The average Bonchev–Trinajstić information content (AvgIpc) is 2.66. The number of nitrogens with zero attached hydrogens (tertiary/aromatic N) is 2. The van der Waals surface area contributed by atoms with E-state index in [1.165, 1.54) is 0 Å². The van der Waals surface area contributed by atoms with E-state index in [1.54, 1.807) is 18.5 Å². The lowest BCUT2D eigenvalue weighted by atomic mass is 10.0. The highest BCUT2D eigenvalue weighted by Crippen LogP contribution is 2.24. The van der Waals surface area contributed by atoms with E-state index >= 15 is 0 Å². The Morgan fingerprint density at radius 1 is 1.12 bits per heavy atom. The lowest BCUT2D eigenvalue weighted by molar-refractivity contribution is 0.0945. The molecule has 0 aliphatic carbocycles. The molecular weight excluding hydrogens is 334 g/mol. The van der Waals surface area contributed by atoms with Crippen LogP contribution in [0, 0.1) is 0 Å². The van der Waals surface area contributed by atoms with Gasteiger partial charge in [-0.25, -0.2) is 4.98 Å². The molecular formula is C18H17N5OS. The lowest BCUT2D eigenvalue weighted by Gasteiger charge is -2.12. The van der Waals surface area contributed by atoms with Gasteiger partial charge in [0.2, 0.25) is 0 Å². The van der Waals surface area contributed by atoms with E-state index in [0.717, 1.165) is 16.5 Å². The molecule has 0 radical (unpaired) electrons. The summed E-state index contributed by atoms with van der Waals surface area (Å²) in [5, 5.41) is 4.05. The second-order valence-corrected chi connectivity index (χ2v) is 5.65. The van der Waals surface area contributed by atoms with Gasteiger partial charge in [0.05, 0.1) is 16.8 Å². The van der Waals surface area contributed by atoms with Crippen LogP contribution in [-0.2, 0) is 0 Å². The first-order chi connectivity index (χ1) is 12.2. The summed E-state index contributed by atoms with van der Waals surface area (Å²) in [4.78, 5) is 21.3. The number of amides is 1. The van der Waals surface area contributed by atoms with Crippen molar-refractivity contribution < 1.29 is 4.79 Å². The van der Waals surface area contributed by atoms with E-state index < -0.39 is 0 Å². The Labute approximate surface area is 150 Å². The van der Waals surface area contributed by atoms with Crippen molar-refractivity contribution in [2.24, 2.45) is 0 Å². The van der Waals surface area contributed by atoms with Crippen LogP contribution in [0.5, 0.6) is 0 Å². The number of carbonyl (C=O) groups is 1. The largest absolute Gasteiger partial charge is 0.362 e. The average molecular weight is 351 g/mol. The standard InChI is InChI=1S/C18H17N5OS/c1-2-20-18(25)23-22-17(24)14-11-16(12-7-9-19-10-8-12)21-15-6-4-3-5-13(14)15/h3-11H,2H2,1H3,(H,22,24)(H2,20,23,25). The number of benzene rings is 1. The number of carbonyl (C=O) groups excluding carboxylic acids is 1. The third-order valence-electron chi connectivity index (χ3n) is 3.56. The predicted molar refractivity (Wildman–Crippen MR) is 102 cm³/mol. The SMILES string of the molecule is CCNC(=S)NNC(=O)c1cc(-c2ccncc2)nc2ccccc12. The zero-order valence-electron chi connectivity index (χ0n) is 13.6. The Morgan fingerprint density at radius 2 is 1.88 bits per heavy atom. The summed E-state index contributed by atoms with van der Waals surface area (Å²) < 4.78 is 0. The molecule has 1 aromatic carbocycles. The van der Waals surface area contributed by atoms with Crippen LogP contribution in [0.2, 0.25) is 0 Å². The molecule has 0 atom stereocenters. The van der Waals surface area contributed by atoms with Gasteiger partial charge in [0.1, 0.15) is 0 Å². The first-order valence-electron chi connectivity index (χ1n) is 7.83. The summed E-state index contributed by atoms with van der Waals surface area (Å²) in [5.41, 5.74) is 8.19. The molecule has 0 saturated carbocycles. The minimum Gasteiger partial charge on any atom is -0.362 e. The fourth-order valence-corrected chi connectivity index (χ4v) is 2.61. The number of pyridine rings is 2. The molecule has 2 heterocycles. The normalized spacial score (nSPS) is 10.3. The molecule has 0 aliphatic rings. The molecule has 1 amide bonds. The molecule has 7 heteroatoms. The number of hydrogen-bond donors (Lipinski definition) is 3. The van der Waals surface area contributed by atoms with E-state index in [1.807, 2.05) is 43.3 Å². The lowest BCUT2D eigenvalue weighted by Crippen LogP contribution is -2.46. The summed E-state index contributed by atoms with van der Waals surface area (Å²) in [6, 6.07) is 13.0. The van der Waals surface area contributed by atoms with Crippen LogP contribution in [-0.4, -0.2) is 27.5 Å². The van der Waals surface area contributed by atoms with Crippen molar-refractivity contribution in [2.45, 2.75) is 6.92 Å². The van der Waals surface area contributed by atoms with E-state index in [4.69, 9.17) is 12.2 Å². The highest BCUT2D eigenvalue weighted by molar-refractivity contribution is 7.80. The van der Waals surface area contributed by atoms with Crippen molar-refractivity contribution in [1.29, 1.82) is 0 Å². The van der Waals surface area contributed by atoms with Crippen LogP contribution in [0.1, 0.15) is 17.3 Å². The quantitative estimate of drug-likeness (QED) is 0.497. The van der Waals surface area contributed by atoms with Crippen LogP contribution in [0.25, 0.3) is 22.2 Å². The maximum Gasteiger partial charge on any atom is 0.270 e. The monoisotopic (exact) mass is 351 g/mol. The van der Waals surface area contributed by atoms with Crippen molar-refractivity contribution >= 4 is 34.1 Å². The van der Waals surface area contributed by atoms with Gasteiger partial charge in [-0.15, -0.1) is 0 Å². The fourth-order valence-electron chi connectivity index (χ4n) is 2.42. The van der Waals surface area contributed by atoms with E-state index in [-0.39, 0.29) is 5.91 Å². The molecule has 0 aliphatic heterocycles. The van der Waals surface area contributed by atoms with Crippen LogP contribution in [0.15, 0.2) is 54.9 Å². The number of aromatic nitrogens is 2. The van der Waals surface area contributed by atoms with Crippen molar-refractivity contribution in [3.8, 4) is 11.3 Å². The Hall–Kier alpha value is -3.06. The van der Waals surface area contributed by atoms with Gasteiger partial charge in [-0.1, -0.05) is 18.2 Å². The first-order valence-corrected chi connectivity index (χ1v) is 8.24. The summed E-state index contributed by atoms with van der Waals surface area (Å²) in [6.07, 6.45) is 3.39. The van der Waals surface area contributed by atoms with E-state index in [2.05, 4.69) is 26.1 Å². The van der Waals surface area contributed by atoms with Gasteiger partial charge in [0, 0.05) is 29.9 Å². The molecule has 0 unspecified atom stereocenters. The highest BCUT2D eigenvalue weighted by Gasteiger charge is 2.14. The van der Waals surface area contributed by atoms with Gasteiger partial charge < -0.3 is 5.32 Å². The molecule has 0 fully saturated rings. The molecule has 0 saturated heterocycles. The third-order valence-corrected chi connectivity index (χ3v) is 3.81. The molecule has 25 heavy (non-hydrogen) atoms. The Kier molecular flexibility index (Phi) is 5.15. The number of hydrazine groups is 1. The maximum absolute atomic E-state index is 12.6. The summed E-state index contributed by atoms with van der Waals surface area (Å²) >= 11 is 5.06. The molecule has 3 aromatic rings. The Balaban J connectivity index is 1.98. The molecule has 2 aromatic heterocycles. The predicted octanol–water partition coefficient (Wildman–Crippen LogP) is 2.43. The van der Waals surface area contributed by atoms with Gasteiger partial charge >= 0.3 is 0 Å². The van der Waals surface area contributed by atoms with Gasteiger partial charge in [-0.3, -0.25) is 20.6 Å². The topological polar surface area (TPSA) is 78.9 Å². The van der Waals surface area contributed by atoms with Gasteiger partial charge in [0.15, 0.2) is 5.11 Å². The van der Waals surface area contributed by atoms with Crippen molar-refractivity contribution in [3.05, 3.63) is 60.4 Å². The highest BCUT2D eigenvalue weighted by atomic mass is 32.1. The number of para-hydroxylation sites is 1. The Morgan fingerprint density at radius 3 is 2.64 bits per heavy atom. The van der Waals surface area contributed by atoms with Crippen LogP contribution in [0.3, 0.4) is 0 Å². The van der Waals surface area contributed by atoms with Gasteiger partial charge in [0.25, 0.3) is 5.91 Å². The van der Waals surface area contributed by atoms with Crippen molar-refractivity contribution in [3.63, 3.8) is 0 Å². The fraction of sp³-hybridized carbons (Fsp3) is 0.111. The molecule has 0 spiro atoms. The minimum atomic E-state index is -0.283. The number of nitrogens with one attached hydrogen (secondary N) is 3. The van der Waals surface area contributed by atoms with Crippen LogP contribution in [0.4, 0.5) is 0 Å². The van der Waals surface area contributed by atoms with E-state index in [9.17, 15) is 4.79 Å². The van der Waals surface area contributed by atoms with Crippen LogP contribution < -0.4 is 16.2 Å². The third kappa shape index (κ3) is 3.89. The molecule has 6 nitrogen and oxygen atoms in total. The second kappa shape index (κ2) is 7.67.